The number of hydrogen-bond acceptors (Lipinski definition) is 6. The van der Waals surface area contributed by atoms with Crippen molar-refractivity contribution in [3.8, 4) is 0 Å². The molecule has 0 aliphatic carbocycles. The highest BCUT2D eigenvalue weighted by Gasteiger charge is 1.95. The number of hydrogen-bond donors (Lipinski definition) is 0. The van der Waals surface area contributed by atoms with Gasteiger partial charge in [0.05, 0.1) is 6.20 Å². The summed E-state index contributed by atoms with van der Waals surface area (Å²) in [4.78, 5) is 19.2. The molecule has 56 valence electrons. The molecule has 0 unspecified atom stereocenters. The summed E-state index contributed by atoms with van der Waals surface area (Å²) in [7, 11) is 0. The Hall–Kier alpha value is -1.85. The van der Waals surface area contributed by atoms with Crippen LogP contribution in [-0.4, -0.2) is 15.4 Å². The third kappa shape index (κ3) is 2.09. The van der Waals surface area contributed by atoms with Gasteiger partial charge in [0.1, 0.15) is 6.26 Å². The van der Waals surface area contributed by atoms with Crippen molar-refractivity contribution in [1.29, 1.82) is 0 Å². The van der Waals surface area contributed by atoms with Crippen molar-refractivity contribution in [3.63, 3.8) is 0 Å². The fourth-order valence-corrected chi connectivity index (χ4v) is 0.307. The van der Waals surface area contributed by atoms with Crippen molar-refractivity contribution < 1.29 is 4.52 Å². The molecule has 6 nitrogen and oxygen atoms in total. The molecular weight excluding hydrogens is 150 g/mol. The van der Waals surface area contributed by atoms with Gasteiger partial charge in [-0.05, 0) is 6.07 Å². The van der Waals surface area contributed by atoms with Gasteiger partial charge in [-0.2, -0.15) is 0 Å². The van der Waals surface area contributed by atoms with Crippen molar-refractivity contribution >= 4 is 0 Å². The van der Waals surface area contributed by atoms with E-state index >= 15 is 0 Å². The topological polar surface area (TPSA) is 86.0 Å². The Bertz CT molecular complexity index is 319. The Kier molecular flexibility index (Phi) is 2.21. The van der Waals surface area contributed by atoms with Gasteiger partial charge in [0.2, 0.25) is 0 Å². The van der Waals surface area contributed by atoms with Gasteiger partial charge in [-0.25, -0.2) is 0 Å². The maximum Gasteiger partial charge on any atom is 0.357 e. The van der Waals surface area contributed by atoms with E-state index in [4.69, 9.17) is 0 Å². The fraction of sp³-hybridized carbons (Fsp3) is 0. The lowest BCUT2D eigenvalue weighted by Gasteiger charge is -1.68. The van der Waals surface area contributed by atoms with Gasteiger partial charge in [0, 0.05) is 0 Å². The minimum absolute atomic E-state index is 0.741. The fourth-order valence-electron chi connectivity index (χ4n) is 0.307. The van der Waals surface area contributed by atoms with Crippen LogP contribution in [0.15, 0.2) is 32.6 Å². The Balaban J connectivity index is 0.000000112. The average Bonchev–Trinajstić information content (AvgIpc) is 2.58. The van der Waals surface area contributed by atoms with Crippen LogP contribution in [0.2, 0.25) is 0 Å². The van der Waals surface area contributed by atoms with E-state index in [0.717, 1.165) is 0 Å². The highest BCUT2D eigenvalue weighted by molar-refractivity contribution is 4.68. The minimum Gasteiger partial charge on any atom is -0.365 e. The Morgan fingerprint density at radius 1 is 1.18 bits per heavy atom. The Morgan fingerprint density at radius 2 is 1.82 bits per heavy atom. The van der Waals surface area contributed by atoms with Crippen LogP contribution in [0.3, 0.4) is 0 Å². The lowest BCUT2D eigenvalue weighted by atomic mass is 10.8. The summed E-state index contributed by atoms with van der Waals surface area (Å²) in [6, 6.07) is 1.72. The first-order chi connectivity index (χ1) is 5.30. The first-order valence-corrected chi connectivity index (χ1v) is 2.65. The van der Waals surface area contributed by atoms with Gasteiger partial charge in [-0.1, -0.05) is 15.4 Å². The average molecular weight is 153 g/mol. The molecule has 0 radical (unpaired) electrons. The summed E-state index contributed by atoms with van der Waals surface area (Å²) < 4.78 is 4.33. The largest absolute Gasteiger partial charge is 0.365 e. The number of rotatable bonds is 0. The summed E-state index contributed by atoms with van der Waals surface area (Å²) >= 11 is 0. The highest BCUT2D eigenvalue weighted by atomic mass is 16.5. The summed E-state index contributed by atoms with van der Waals surface area (Å²) in [6.45, 7) is 0. The molecule has 0 aromatic carbocycles. The molecule has 0 spiro atoms. The van der Waals surface area contributed by atoms with Crippen molar-refractivity contribution in [1.82, 2.24) is 15.4 Å². The second-order valence-electron chi connectivity index (χ2n) is 1.50. The second kappa shape index (κ2) is 3.35. The predicted octanol–water partition coefficient (Wildman–Crippen LogP) is -1.25. The molecule has 0 N–H and O–H groups in total. The van der Waals surface area contributed by atoms with Gasteiger partial charge in [0.25, 0.3) is 0 Å². The van der Waals surface area contributed by atoms with Crippen molar-refractivity contribution in [2.24, 2.45) is 0 Å². The molecule has 2 rings (SSSR count). The minimum atomic E-state index is -0.741. The molecule has 0 saturated carbocycles. The lowest BCUT2D eigenvalue weighted by molar-refractivity contribution is 0.420. The zero-order valence-electron chi connectivity index (χ0n) is 5.30. The van der Waals surface area contributed by atoms with Crippen LogP contribution < -0.4 is 11.1 Å². The molecule has 0 saturated heterocycles. The molecule has 0 aliphatic heterocycles. The van der Waals surface area contributed by atoms with Crippen LogP contribution in [0.4, 0.5) is 0 Å². The van der Waals surface area contributed by atoms with Crippen molar-refractivity contribution in [3.05, 3.63) is 39.2 Å². The monoisotopic (exact) mass is 153 g/mol. The maximum absolute atomic E-state index is 9.62. The van der Waals surface area contributed by atoms with Gasteiger partial charge < -0.3 is 4.52 Å². The van der Waals surface area contributed by atoms with E-state index < -0.39 is 11.1 Å². The number of nitrogens with zero attached hydrogens (tertiary/aromatic N) is 3. The van der Waals surface area contributed by atoms with E-state index in [1.807, 2.05) is 0 Å². The molecule has 0 bridgehead atoms. The van der Waals surface area contributed by atoms with E-state index in [9.17, 15) is 9.59 Å². The van der Waals surface area contributed by atoms with Crippen LogP contribution in [0.5, 0.6) is 0 Å². The van der Waals surface area contributed by atoms with Crippen molar-refractivity contribution in [2.75, 3.05) is 0 Å². The molecule has 0 amide bonds. The van der Waals surface area contributed by atoms with Crippen LogP contribution >= 0.6 is 0 Å². The van der Waals surface area contributed by atoms with Crippen LogP contribution in [0.1, 0.15) is 0 Å². The molecule has 2 aromatic heterocycles. The summed E-state index contributed by atoms with van der Waals surface area (Å²) in [5, 5.41) is 8.92. The van der Waals surface area contributed by atoms with E-state index in [1.165, 1.54) is 6.26 Å². The zero-order valence-corrected chi connectivity index (χ0v) is 5.30. The molecule has 0 atom stereocenters. The van der Waals surface area contributed by atoms with Gasteiger partial charge in [0.15, 0.2) is 0 Å². The van der Waals surface area contributed by atoms with Gasteiger partial charge in [-0.3, -0.25) is 9.59 Å². The molecule has 2 heterocycles. The Morgan fingerprint density at radius 3 is 1.91 bits per heavy atom. The zero-order chi connectivity index (χ0) is 8.10. The van der Waals surface area contributed by atoms with Gasteiger partial charge >= 0.3 is 11.1 Å². The quantitative estimate of drug-likeness (QED) is 0.439. The predicted molar refractivity (Wildman–Crippen MR) is 33.4 cm³/mol. The lowest BCUT2D eigenvalue weighted by Crippen LogP contribution is -2.37. The standard InChI is InChI=1S/C3H3NO.C2N2O2/c1-2-4-5-3-1;5-1-2(6)4-3-1/h1-3H;. The molecule has 6 heteroatoms. The van der Waals surface area contributed by atoms with Crippen molar-refractivity contribution in [2.45, 2.75) is 0 Å². The van der Waals surface area contributed by atoms with E-state index in [2.05, 4.69) is 19.9 Å². The van der Waals surface area contributed by atoms with E-state index in [-0.39, 0.29) is 0 Å². The van der Waals surface area contributed by atoms with E-state index in [1.54, 1.807) is 12.3 Å². The molecule has 11 heavy (non-hydrogen) atoms. The third-order valence-corrected chi connectivity index (χ3v) is 0.762. The summed E-state index contributed by atoms with van der Waals surface area (Å²) in [6.07, 6.45) is 3.10. The SMILES string of the molecule is O=c1nnc1=O.c1cnoc1. The first-order valence-electron chi connectivity index (χ1n) is 2.65. The summed E-state index contributed by atoms with van der Waals surface area (Å²) in [5.41, 5.74) is -1.48. The molecule has 2 aromatic rings. The maximum atomic E-state index is 9.62. The van der Waals surface area contributed by atoms with Crippen LogP contribution in [0, 0.1) is 0 Å². The smallest absolute Gasteiger partial charge is 0.357 e. The highest BCUT2D eigenvalue weighted by Crippen LogP contribution is 1.72. The first kappa shape index (κ1) is 7.26. The number of aromatic nitrogens is 3. The normalized spacial score (nSPS) is 8.73. The van der Waals surface area contributed by atoms with Crippen LogP contribution in [-0.2, 0) is 0 Å². The second-order valence-corrected chi connectivity index (χ2v) is 1.50. The summed E-state index contributed by atoms with van der Waals surface area (Å²) in [5.74, 6) is 0. The van der Waals surface area contributed by atoms with E-state index in [0.29, 0.717) is 0 Å². The van der Waals surface area contributed by atoms with Gasteiger partial charge in [-0.15, -0.1) is 0 Å². The molecule has 0 fully saturated rings. The molecular formula is C5H3N3O3. The van der Waals surface area contributed by atoms with Crippen LogP contribution in [0.25, 0.3) is 0 Å². The Labute approximate surface area is 60.2 Å². The molecule has 0 aliphatic rings. The third-order valence-electron chi connectivity index (χ3n) is 0.762.